The molecule has 13 nitrogen and oxygen atoms in total. The lowest BCUT2D eigenvalue weighted by molar-refractivity contribution is -0.150. The second-order valence-corrected chi connectivity index (χ2v) is 12.7. The van der Waals surface area contributed by atoms with Gasteiger partial charge in [0, 0.05) is 18.7 Å². The van der Waals surface area contributed by atoms with Gasteiger partial charge in [-0.1, -0.05) is 56.5 Å². The summed E-state index contributed by atoms with van der Waals surface area (Å²) in [5, 5.41) is 0. The zero-order valence-electron chi connectivity index (χ0n) is 20.8. The molecule has 2 saturated heterocycles. The second-order valence-electron chi connectivity index (χ2n) is 9.17. The Morgan fingerprint density at radius 3 is 2.45 bits per heavy atom. The van der Waals surface area contributed by atoms with Crippen LogP contribution >= 0.6 is 15.4 Å². The molecular weight excluding hydrogens is 542 g/mol. The van der Waals surface area contributed by atoms with Crippen LogP contribution in [0.4, 0.5) is 0 Å². The molecule has 2 aliphatic heterocycles. The van der Waals surface area contributed by atoms with Crippen LogP contribution in [0.15, 0.2) is 52.2 Å². The number of rotatable bonds is 13. The SMILES string of the molecule is CCCCCCP(=O)(O)OP(=O)(O)OC[C@H]1O[C@@H](n2ccc(=O)[nH]c2=O)[C@H]2OC(Cc3ccccc3)OC12. The largest absolute Gasteiger partial charge is 0.479 e. The number of fused-ring (bicyclic) bond motifs is 1. The highest BCUT2D eigenvalue weighted by molar-refractivity contribution is 7.64. The quantitative estimate of drug-likeness (QED) is 0.237. The van der Waals surface area contributed by atoms with E-state index in [-0.39, 0.29) is 6.16 Å². The summed E-state index contributed by atoms with van der Waals surface area (Å²) in [6.07, 6.45) is -0.190. The Hall–Kier alpha value is -1.92. The molecule has 0 amide bonds. The molecule has 2 fully saturated rings. The number of ether oxygens (including phenoxy) is 3. The highest BCUT2D eigenvalue weighted by atomic mass is 31.3. The summed E-state index contributed by atoms with van der Waals surface area (Å²) in [4.78, 5) is 46.2. The first-order chi connectivity index (χ1) is 18.1. The van der Waals surface area contributed by atoms with Gasteiger partial charge in [0.25, 0.3) is 5.56 Å². The first-order valence-electron chi connectivity index (χ1n) is 12.4. The van der Waals surface area contributed by atoms with Gasteiger partial charge in [0.15, 0.2) is 12.5 Å². The third kappa shape index (κ3) is 7.59. The van der Waals surface area contributed by atoms with Gasteiger partial charge in [-0.3, -0.25) is 23.4 Å². The summed E-state index contributed by atoms with van der Waals surface area (Å²) in [5.41, 5.74) is -0.388. The lowest BCUT2D eigenvalue weighted by atomic mass is 10.1. The molecule has 3 heterocycles. The van der Waals surface area contributed by atoms with E-state index in [0.717, 1.165) is 29.0 Å². The van der Waals surface area contributed by atoms with Crippen molar-refractivity contribution in [1.82, 2.24) is 9.55 Å². The van der Waals surface area contributed by atoms with Crippen molar-refractivity contribution in [3.63, 3.8) is 0 Å². The third-order valence-corrected chi connectivity index (χ3v) is 9.40. The summed E-state index contributed by atoms with van der Waals surface area (Å²) in [6, 6.07) is 10.6. The number of H-pyrrole nitrogens is 1. The van der Waals surface area contributed by atoms with E-state index < -0.39 is 64.1 Å². The average Bonchev–Trinajstić information content (AvgIpc) is 3.40. The standard InChI is InChI=1S/C23H32N2O11P2/c1-2-3-4-8-13-37(28,29)36-38(30,31)32-15-17-20-21(22(33-17)25-12-11-18(26)24-23(25)27)35-19(34-20)14-16-9-6-5-7-10-16/h5-7,9-12,17,19-22H,2-4,8,13-15H2,1H3,(H,28,29)(H,30,31)(H,24,26,27)/t17-,19?,20?,21+,22-/m1/s1. The van der Waals surface area contributed by atoms with Gasteiger partial charge in [-0.05, 0) is 12.0 Å². The molecule has 0 bridgehead atoms. The number of phosphoric ester groups is 1. The Morgan fingerprint density at radius 1 is 1.00 bits per heavy atom. The Bertz CT molecular complexity index is 1280. The molecule has 0 saturated carbocycles. The van der Waals surface area contributed by atoms with Crippen molar-refractivity contribution in [2.75, 3.05) is 12.8 Å². The minimum absolute atomic E-state index is 0.277. The minimum Gasteiger partial charge on any atom is -0.346 e. The van der Waals surface area contributed by atoms with E-state index in [1.165, 1.54) is 6.20 Å². The molecule has 2 aromatic rings. The topological polar surface area (TPSA) is 176 Å². The van der Waals surface area contributed by atoms with Crippen LogP contribution in [-0.2, 0) is 38.6 Å². The van der Waals surface area contributed by atoms with Gasteiger partial charge in [-0.2, -0.15) is 0 Å². The molecule has 1 aromatic carbocycles. The van der Waals surface area contributed by atoms with Crippen LogP contribution in [0.3, 0.4) is 0 Å². The lowest BCUT2D eigenvalue weighted by Gasteiger charge is -2.22. The molecule has 4 rings (SSSR count). The summed E-state index contributed by atoms with van der Waals surface area (Å²) >= 11 is 0. The molecule has 2 aliphatic rings. The number of benzene rings is 1. The maximum Gasteiger partial charge on any atom is 0.479 e. The van der Waals surface area contributed by atoms with Gasteiger partial charge in [0.2, 0.25) is 0 Å². The van der Waals surface area contributed by atoms with Crippen LogP contribution < -0.4 is 11.2 Å². The molecule has 3 N–H and O–H groups in total. The van der Waals surface area contributed by atoms with Gasteiger partial charge in [-0.25, -0.2) is 13.7 Å². The van der Waals surface area contributed by atoms with Gasteiger partial charge in [0.05, 0.1) is 12.8 Å². The van der Waals surface area contributed by atoms with Crippen molar-refractivity contribution in [3.8, 4) is 0 Å². The second kappa shape index (κ2) is 12.5. The van der Waals surface area contributed by atoms with Crippen LogP contribution in [0.2, 0.25) is 0 Å². The van der Waals surface area contributed by atoms with Crippen LogP contribution in [0, 0.1) is 0 Å². The number of phosphoric acid groups is 1. The average molecular weight is 574 g/mol. The monoisotopic (exact) mass is 574 g/mol. The molecular formula is C23H32N2O11P2. The molecule has 210 valence electrons. The van der Waals surface area contributed by atoms with Gasteiger partial charge in [0.1, 0.15) is 18.3 Å². The summed E-state index contributed by atoms with van der Waals surface area (Å²) in [6.45, 7) is 1.43. The van der Waals surface area contributed by atoms with Crippen LogP contribution in [0.5, 0.6) is 0 Å². The van der Waals surface area contributed by atoms with Gasteiger partial charge < -0.3 is 24.0 Å². The van der Waals surface area contributed by atoms with Crippen molar-refractivity contribution >= 4 is 15.4 Å². The van der Waals surface area contributed by atoms with Crippen LogP contribution in [-0.4, -0.2) is 56.7 Å². The maximum absolute atomic E-state index is 12.5. The number of hydrogen-bond acceptors (Lipinski definition) is 9. The number of nitrogens with one attached hydrogen (secondary N) is 1. The van der Waals surface area contributed by atoms with E-state index in [4.69, 9.17) is 18.7 Å². The Balaban J connectivity index is 1.45. The molecule has 15 heteroatoms. The smallest absolute Gasteiger partial charge is 0.346 e. The Morgan fingerprint density at radius 2 is 1.74 bits per heavy atom. The molecule has 4 unspecified atom stereocenters. The maximum atomic E-state index is 12.5. The van der Waals surface area contributed by atoms with Crippen molar-refractivity contribution in [2.45, 2.75) is 69.9 Å². The first kappa shape index (κ1) is 29.1. The Kier molecular flexibility index (Phi) is 9.57. The number of aromatic nitrogens is 2. The normalized spacial score (nSPS) is 28.0. The summed E-state index contributed by atoms with van der Waals surface area (Å²) in [5.74, 6) is 0. The fraction of sp³-hybridized carbons (Fsp3) is 0.565. The summed E-state index contributed by atoms with van der Waals surface area (Å²) in [7, 11) is -9.31. The number of nitrogens with zero attached hydrogens (tertiary/aromatic N) is 1. The van der Waals surface area contributed by atoms with E-state index in [1.54, 1.807) is 0 Å². The first-order valence-corrected chi connectivity index (χ1v) is 15.6. The van der Waals surface area contributed by atoms with E-state index in [9.17, 15) is 28.5 Å². The number of unbranched alkanes of at least 4 members (excludes halogenated alkanes) is 3. The van der Waals surface area contributed by atoms with Gasteiger partial charge >= 0.3 is 21.1 Å². The minimum atomic E-state index is -4.94. The highest BCUT2D eigenvalue weighted by Crippen LogP contribution is 2.60. The van der Waals surface area contributed by atoms with Crippen LogP contribution in [0.1, 0.15) is 44.4 Å². The number of aromatic amines is 1. The van der Waals surface area contributed by atoms with Crippen molar-refractivity contribution in [1.29, 1.82) is 0 Å². The fourth-order valence-corrected chi connectivity index (χ4v) is 7.18. The van der Waals surface area contributed by atoms with Crippen LogP contribution in [0.25, 0.3) is 0 Å². The predicted octanol–water partition coefficient (Wildman–Crippen LogP) is 2.69. The number of hydrogen-bond donors (Lipinski definition) is 3. The zero-order chi connectivity index (χ0) is 27.3. The van der Waals surface area contributed by atoms with E-state index >= 15 is 0 Å². The molecule has 7 atom stereocenters. The van der Waals surface area contributed by atoms with E-state index in [1.807, 2.05) is 37.3 Å². The molecule has 0 spiro atoms. The van der Waals surface area contributed by atoms with Gasteiger partial charge in [-0.15, -0.1) is 0 Å². The van der Waals surface area contributed by atoms with Crippen molar-refractivity contribution in [3.05, 3.63) is 69.0 Å². The third-order valence-electron chi connectivity index (χ3n) is 6.20. The highest BCUT2D eigenvalue weighted by Gasteiger charge is 2.54. The Labute approximate surface area is 218 Å². The molecule has 1 aromatic heterocycles. The van der Waals surface area contributed by atoms with E-state index in [0.29, 0.717) is 19.3 Å². The lowest BCUT2D eigenvalue weighted by Crippen LogP contribution is -2.36. The molecule has 0 aliphatic carbocycles. The van der Waals surface area contributed by atoms with Crippen molar-refractivity contribution < 1.29 is 42.0 Å². The molecule has 38 heavy (non-hydrogen) atoms. The van der Waals surface area contributed by atoms with Crippen molar-refractivity contribution in [2.24, 2.45) is 0 Å². The zero-order valence-corrected chi connectivity index (χ0v) is 22.6. The van der Waals surface area contributed by atoms with E-state index in [2.05, 4.69) is 9.29 Å². The predicted molar refractivity (Wildman–Crippen MR) is 135 cm³/mol. The molecule has 0 radical (unpaired) electrons. The summed E-state index contributed by atoms with van der Waals surface area (Å²) < 4.78 is 53.5. The fourth-order valence-electron chi connectivity index (χ4n) is 4.42.